The van der Waals surface area contributed by atoms with E-state index in [4.69, 9.17) is 0 Å². The van der Waals surface area contributed by atoms with E-state index < -0.39 is 0 Å². The number of nitrogens with one attached hydrogen (secondary N) is 1. The van der Waals surface area contributed by atoms with Crippen molar-refractivity contribution in [3.63, 3.8) is 0 Å². The Morgan fingerprint density at radius 1 is 1.71 bits per heavy atom. The van der Waals surface area contributed by atoms with Gasteiger partial charge in [0.1, 0.15) is 0 Å². The summed E-state index contributed by atoms with van der Waals surface area (Å²) in [5.74, 6) is 0.652. The van der Waals surface area contributed by atoms with Crippen molar-refractivity contribution in [2.24, 2.45) is 7.05 Å². The van der Waals surface area contributed by atoms with Gasteiger partial charge in [-0.2, -0.15) is 17.7 Å². The Morgan fingerprint density at radius 3 is 3.07 bits per heavy atom. The largest absolute Gasteiger partial charge is 0.356 e. The van der Waals surface area contributed by atoms with Gasteiger partial charge in [0.05, 0.1) is 0 Å². The van der Waals surface area contributed by atoms with Crippen molar-refractivity contribution in [2.45, 2.75) is 12.8 Å². The Hall–Kier alpha value is -0.970. The van der Waals surface area contributed by atoms with Crippen LogP contribution in [-0.2, 0) is 18.3 Å². The molecule has 0 saturated heterocycles. The summed E-state index contributed by atoms with van der Waals surface area (Å²) in [5.41, 5.74) is 1.12. The molecule has 1 heterocycles. The number of hydrogen-bond acceptors (Lipinski definition) is 3. The number of nitrogens with zero attached hydrogens (tertiary/aromatic N) is 2. The number of carbonyl (C=O) groups is 1. The monoisotopic (exact) mass is 213 g/mol. The van der Waals surface area contributed by atoms with Crippen molar-refractivity contribution in [3.05, 3.63) is 18.0 Å². The minimum atomic E-state index is 0.0576. The SMILES string of the molecule is Cn1nccc1CCNC(=O)CCS. The van der Waals surface area contributed by atoms with E-state index in [0.717, 1.165) is 12.1 Å². The molecule has 4 nitrogen and oxygen atoms in total. The summed E-state index contributed by atoms with van der Waals surface area (Å²) < 4.78 is 1.81. The fourth-order valence-corrected chi connectivity index (χ4v) is 1.37. The highest BCUT2D eigenvalue weighted by molar-refractivity contribution is 7.80. The second-order valence-corrected chi connectivity index (χ2v) is 3.47. The minimum absolute atomic E-state index is 0.0576. The van der Waals surface area contributed by atoms with E-state index in [0.29, 0.717) is 18.7 Å². The van der Waals surface area contributed by atoms with Crippen LogP contribution >= 0.6 is 12.6 Å². The third kappa shape index (κ3) is 3.41. The quantitative estimate of drug-likeness (QED) is 0.695. The van der Waals surface area contributed by atoms with Crippen LogP contribution in [0.2, 0.25) is 0 Å². The molecular formula is C9H15N3OS. The van der Waals surface area contributed by atoms with E-state index in [1.54, 1.807) is 6.20 Å². The topological polar surface area (TPSA) is 46.9 Å². The predicted molar refractivity (Wildman–Crippen MR) is 58.4 cm³/mol. The first-order valence-electron chi connectivity index (χ1n) is 4.58. The molecule has 0 saturated carbocycles. The summed E-state index contributed by atoms with van der Waals surface area (Å²) in [6, 6.07) is 1.95. The van der Waals surface area contributed by atoms with E-state index in [9.17, 15) is 4.79 Å². The maximum atomic E-state index is 11.1. The molecule has 1 aromatic heterocycles. The van der Waals surface area contributed by atoms with Crippen molar-refractivity contribution in [3.8, 4) is 0 Å². The number of aryl methyl sites for hydroxylation is 1. The van der Waals surface area contributed by atoms with Gasteiger partial charge >= 0.3 is 0 Å². The molecule has 14 heavy (non-hydrogen) atoms. The summed E-state index contributed by atoms with van der Waals surface area (Å²) in [4.78, 5) is 11.1. The summed E-state index contributed by atoms with van der Waals surface area (Å²) in [7, 11) is 1.89. The van der Waals surface area contributed by atoms with E-state index in [1.165, 1.54) is 0 Å². The van der Waals surface area contributed by atoms with Crippen molar-refractivity contribution >= 4 is 18.5 Å². The summed E-state index contributed by atoms with van der Waals surface area (Å²) in [5, 5.41) is 6.86. The molecule has 78 valence electrons. The molecule has 0 atom stereocenters. The van der Waals surface area contributed by atoms with Gasteiger partial charge in [-0.1, -0.05) is 0 Å². The lowest BCUT2D eigenvalue weighted by Crippen LogP contribution is -2.26. The van der Waals surface area contributed by atoms with E-state index >= 15 is 0 Å². The van der Waals surface area contributed by atoms with Crippen molar-refractivity contribution < 1.29 is 4.79 Å². The summed E-state index contributed by atoms with van der Waals surface area (Å²) in [6.45, 7) is 0.659. The molecule has 1 amide bonds. The number of carbonyl (C=O) groups excluding carboxylic acids is 1. The van der Waals surface area contributed by atoms with Crippen LogP contribution < -0.4 is 5.32 Å². The third-order valence-electron chi connectivity index (χ3n) is 1.96. The highest BCUT2D eigenvalue weighted by Gasteiger charge is 2.00. The van der Waals surface area contributed by atoms with Gasteiger partial charge < -0.3 is 5.32 Å². The molecule has 0 radical (unpaired) electrons. The molecule has 1 aromatic rings. The van der Waals surface area contributed by atoms with Gasteiger partial charge in [-0.15, -0.1) is 0 Å². The second kappa shape index (κ2) is 5.70. The minimum Gasteiger partial charge on any atom is -0.356 e. The van der Waals surface area contributed by atoms with E-state index in [1.807, 2.05) is 17.8 Å². The zero-order valence-corrected chi connectivity index (χ0v) is 9.13. The molecule has 1 rings (SSSR count). The normalized spacial score (nSPS) is 10.1. The molecule has 0 bridgehead atoms. The van der Waals surface area contributed by atoms with Gasteiger partial charge in [-0.25, -0.2) is 0 Å². The van der Waals surface area contributed by atoms with E-state index in [-0.39, 0.29) is 5.91 Å². The van der Waals surface area contributed by atoms with Crippen molar-refractivity contribution in [1.82, 2.24) is 15.1 Å². The summed E-state index contributed by atoms with van der Waals surface area (Å²) in [6.07, 6.45) is 3.05. The number of rotatable bonds is 5. The molecule has 0 aliphatic carbocycles. The molecule has 1 N–H and O–H groups in total. The fraction of sp³-hybridized carbons (Fsp3) is 0.556. The second-order valence-electron chi connectivity index (χ2n) is 3.02. The molecule has 0 spiro atoms. The van der Waals surface area contributed by atoms with Crippen molar-refractivity contribution in [2.75, 3.05) is 12.3 Å². The number of aromatic nitrogens is 2. The average Bonchev–Trinajstić information content (AvgIpc) is 2.52. The average molecular weight is 213 g/mol. The maximum Gasteiger partial charge on any atom is 0.220 e. The van der Waals surface area contributed by atoms with Crippen LogP contribution in [0.4, 0.5) is 0 Å². The number of amides is 1. The van der Waals surface area contributed by atoms with Gasteiger partial charge in [0.15, 0.2) is 0 Å². The zero-order valence-electron chi connectivity index (χ0n) is 8.23. The van der Waals surface area contributed by atoms with Gasteiger partial charge in [0.25, 0.3) is 0 Å². The van der Waals surface area contributed by atoms with Crippen LogP contribution in [0.1, 0.15) is 12.1 Å². The van der Waals surface area contributed by atoms with Crippen LogP contribution in [0, 0.1) is 0 Å². The molecule has 0 aromatic carbocycles. The van der Waals surface area contributed by atoms with Gasteiger partial charge in [-0.3, -0.25) is 9.48 Å². The third-order valence-corrected chi connectivity index (χ3v) is 2.19. The summed E-state index contributed by atoms with van der Waals surface area (Å²) >= 11 is 3.98. The molecule has 0 aliphatic heterocycles. The molecule has 5 heteroatoms. The van der Waals surface area contributed by atoms with Gasteiger partial charge in [0, 0.05) is 38.3 Å². The van der Waals surface area contributed by atoms with Gasteiger partial charge in [0.2, 0.25) is 5.91 Å². The Balaban J connectivity index is 2.22. The Kier molecular flexibility index (Phi) is 4.52. The van der Waals surface area contributed by atoms with Crippen molar-refractivity contribution in [1.29, 1.82) is 0 Å². The lowest BCUT2D eigenvalue weighted by Gasteiger charge is -2.04. The Morgan fingerprint density at radius 2 is 2.50 bits per heavy atom. The first kappa shape index (κ1) is 11.1. The van der Waals surface area contributed by atoms with Crippen LogP contribution in [0.5, 0.6) is 0 Å². The smallest absolute Gasteiger partial charge is 0.220 e. The molecule has 0 fully saturated rings. The van der Waals surface area contributed by atoms with Crippen LogP contribution in [-0.4, -0.2) is 28.0 Å². The first-order valence-corrected chi connectivity index (χ1v) is 5.21. The first-order chi connectivity index (χ1) is 6.74. The van der Waals surface area contributed by atoms with Gasteiger partial charge in [-0.05, 0) is 11.8 Å². The molecule has 0 aliphatic rings. The lowest BCUT2D eigenvalue weighted by molar-refractivity contribution is -0.120. The molecule has 0 unspecified atom stereocenters. The predicted octanol–water partition coefficient (Wildman–Crippen LogP) is 0.399. The number of hydrogen-bond donors (Lipinski definition) is 2. The standard InChI is InChI=1S/C9H15N3OS/c1-12-8(3-6-11-12)2-5-10-9(13)4-7-14/h3,6,14H,2,4-5,7H2,1H3,(H,10,13). The fourth-order valence-electron chi connectivity index (χ4n) is 1.17. The highest BCUT2D eigenvalue weighted by Crippen LogP contribution is 1.96. The Bertz CT molecular complexity index is 298. The molecular weight excluding hydrogens is 198 g/mol. The Labute approximate surface area is 89.1 Å². The van der Waals surface area contributed by atoms with Crippen LogP contribution in [0.25, 0.3) is 0 Å². The number of thiol groups is 1. The van der Waals surface area contributed by atoms with E-state index in [2.05, 4.69) is 23.0 Å². The maximum absolute atomic E-state index is 11.1. The lowest BCUT2D eigenvalue weighted by atomic mass is 10.3. The highest BCUT2D eigenvalue weighted by atomic mass is 32.1. The van der Waals surface area contributed by atoms with Crippen LogP contribution in [0.3, 0.4) is 0 Å². The van der Waals surface area contributed by atoms with Crippen LogP contribution in [0.15, 0.2) is 12.3 Å². The zero-order chi connectivity index (χ0) is 10.4.